The van der Waals surface area contributed by atoms with E-state index in [-0.39, 0.29) is 19.8 Å². The van der Waals surface area contributed by atoms with Crippen molar-refractivity contribution in [3.05, 3.63) is 0 Å². The average molecular weight is 551 g/mol. The fraction of sp³-hybridized carbons (Fsp3) is 0. The molecule has 0 heterocycles. The number of carbonyl (C=O) groups excluding carboxylic acids is 12. The van der Waals surface area contributed by atoms with Gasteiger partial charge in [-0.05, 0) is 0 Å². The minimum absolute atomic E-state index is 0. The standard InChI is InChI=1S/12CH2O.Os/c12*1-2;/h12*1H2;. The fourth-order valence-corrected chi connectivity index (χ4v) is 0. The molecule has 0 saturated heterocycles. The summed E-state index contributed by atoms with van der Waals surface area (Å²) in [5.41, 5.74) is 0. The van der Waals surface area contributed by atoms with E-state index < -0.39 is 0 Å². The molecule has 0 aromatic carbocycles. The van der Waals surface area contributed by atoms with Gasteiger partial charge in [-0.1, -0.05) is 0 Å². The molecule has 13 heteroatoms. The Morgan fingerprint density at radius 2 is 0.160 bits per heavy atom. The molecule has 0 fully saturated rings. The van der Waals surface area contributed by atoms with Crippen LogP contribution in [0.15, 0.2) is 0 Å². The summed E-state index contributed by atoms with van der Waals surface area (Å²) in [5.74, 6) is 0. The van der Waals surface area contributed by atoms with Crippen LogP contribution in [0.4, 0.5) is 0 Å². The van der Waals surface area contributed by atoms with Crippen LogP contribution in [0.1, 0.15) is 0 Å². The molecule has 0 radical (unpaired) electrons. The fourth-order valence-electron chi connectivity index (χ4n) is 0. The Kier molecular flexibility index (Phi) is 3570. The van der Waals surface area contributed by atoms with Gasteiger partial charge in [0, 0.05) is 19.8 Å². The van der Waals surface area contributed by atoms with Crippen molar-refractivity contribution in [3.8, 4) is 0 Å². The molecule has 12 nitrogen and oxygen atoms in total. The van der Waals surface area contributed by atoms with Gasteiger partial charge >= 0.3 is 0 Å². The van der Waals surface area contributed by atoms with Crippen molar-refractivity contribution < 1.29 is 77.3 Å². The van der Waals surface area contributed by atoms with Crippen LogP contribution in [0.25, 0.3) is 0 Å². The molecular weight excluding hydrogens is 526 g/mol. The number of hydrogen-bond acceptors (Lipinski definition) is 12. The van der Waals surface area contributed by atoms with E-state index in [1.165, 1.54) is 0 Å². The first-order valence-corrected chi connectivity index (χ1v) is 3.46. The summed E-state index contributed by atoms with van der Waals surface area (Å²) in [4.78, 5) is 96.0. The number of carbonyl (C=O) groups is 12. The van der Waals surface area contributed by atoms with Crippen molar-refractivity contribution in [2.24, 2.45) is 0 Å². The maximum Gasteiger partial charge on any atom is 0.106 e. The Balaban J connectivity index is -0.00000000569. The van der Waals surface area contributed by atoms with E-state index in [2.05, 4.69) is 0 Å². The van der Waals surface area contributed by atoms with Gasteiger partial charge in [0.1, 0.15) is 81.5 Å². The third-order valence-electron chi connectivity index (χ3n) is 0. The summed E-state index contributed by atoms with van der Waals surface area (Å²) in [6.45, 7) is 24.0. The van der Waals surface area contributed by atoms with Crippen LogP contribution >= 0.6 is 0 Å². The van der Waals surface area contributed by atoms with Crippen molar-refractivity contribution in [3.63, 3.8) is 0 Å². The van der Waals surface area contributed by atoms with Crippen molar-refractivity contribution >= 4 is 81.5 Å². The number of rotatable bonds is 0. The second-order valence-electron chi connectivity index (χ2n) is 0. The molecular formula is C12H24O12Os. The van der Waals surface area contributed by atoms with Crippen LogP contribution in [0.2, 0.25) is 0 Å². The Morgan fingerprint density at radius 1 is 0.160 bits per heavy atom. The van der Waals surface area contributed by atoms with Gasteiger partial charge in [0.25, 0.3) is 0 Å². The average Bonchev–Trinajstić information content (AvgIpc) is 2.84. The zero-order chi connectivity index (χ0) is 24.0. The van der Waals surface area contributed by atoms with E-state index in [1.54, 1.807) is 0 Å². The Labute approximate surface area is 159 Å². The first-order chi connectivity index (χ1) is 12.0. The van der Waals surface area contributed by atoms with Crippen molar-refractivity contribution in [1.82, 2.24) is 0 Å². The molecule has 0 unspecified atom stereocenters. The van der Waals surface area contributed by atoms with Crippen LogP contribution in [-0.4, -0.2) is 81.5 Å². The SMILES string of the molecule is C=O.C=O.C=O.C=O.C=O.C=O.C=O.C=O.C=O.C=O.C=O.C=O.[Os]. The van der Waals surface area contributed by atoms with Crippen LogP contribution in [0.3, 0.4) is 0 Å². The number of hydrogen-bond donors (Lipinski definition) is 0. The maximum absolute atomic E-state index is 8.00. The van der Waals surface area contributed by atoms with Crippen LogP contribution in [-0.2, 0) is 77.3 Å². The largest absolute Gasteiger partial charge is 0.307 e. The molecule has 0 bridgehead atoms. The predicted molar refractivity (Wildman–Crippen MR) is 85.5 cm³/mol. The van der Waals surface area contributed by atoms with Gasteiger partial charge in [0.05, 0.1) is 0 Å². The molecule has 25 heavy (non-hydrogen) atoms. The summed E-state index contributed by atoms with van der Waals surface area (Å²) in [7, 11) is 0. The van der Waals surface area contributed by atoms with Gasteiger partial charge in [-0.3, -0.25) is 0 Å². The summed E-state index contributed by atoms with van der Waals surface area (Å²) in [6, 6.07) is 0. The van der Waals surface area contributed by atoms with Gasteiger partial charge < -0.3 is 57.5 Å². The Bertz CT molecular complexity index is 73.1. The molecule has 0 aliphatic rings. The van der Waals surface area contributed by atoms with Crippen LogP contribution < -0.4 is 0 Å². The third kappa shape index (κ3) is 653. The Morgan fingerprint density at radius 3 is 0.160 bits per heavy atom. The minimum Gasteiger partial charge on any atom is -0.307 e. The second kappa shape index (κ2) is 725. The van der Waals surface area contributed by atoms with Gasteiger partial charge in [-0.2, -0.15) is 0 Å². The summed E-state index contributed by atoms with van der Waals surface area (Å²) < 4.78 is 0. The first-order valence-electron chi connectivity index (χ1n) is 3.46. The van der Waals surface area contributed by atoms with Crippen LogP contribution in [0.5, 0.6) is 0 Å². The molecule has 0 aliphatic carbocycles. The van der Waals surface area contributed by atoms with E-state index in [1.807, 2.05) is 81.5 Å². The van der Waals surface area contributed by atoms with Crippen molar-refractivity contribution in [2.75, 3.05) is 0 Å². The molecule has 152 valence electrons. The molecule has 0 spiro atoms. The molecule has 0 N–H and O–H groups in total. The molecule has 0 aromatic heterocycles. The van der Waals surface area contributed by atoms with Crippen LogP contribution in [0, 0.1) is 0 Å². The predicted octanol–water partition coefficient (Wildman–Crippen LogP) is -2.22. The molecule has 0 rings (SSSR count). The van der Waals surface area contributed by atoms with E-state index in [0.29, 0.717) is 0 Å². The van der Waals surface area contributed by atoms with E-state index in [4.69, 9.17) is 57.5 Å². The van der Waals surface area contributed by atoms with Crippen molar-refractivity contribution in [1.29, 1.82) is 0 Å². The molecule has 0 amide bonds. The molecule has 0 aromatic rings. The van der Waals surface area contributed by atoms with Gasteiger partial charge in [-0.15, -0.1) is 0 Å². The summed E-state index contributed by atoms with van der Waals surface area (Å²) in [5, 5.41) is 0. The molecule has 0 aliphatic heterocycles. The van der Waals surface area contributed by atoms with Gasteiger partial charge in [0.15, 0.2) is 0 Å². The second-order valence-corrected chi connectivity index (χ2v) is 0. The van der Waals surface area contributed by atoms with E-state index >= 15 is 0 Å². The summed E-state index contributed by atoms with van der Waals surface area (Å²) >= 11 is 0. The maximum atomic E-state index is 8.00. The Hall–Kier alpha value is -3.32. The minimum atomic E-state index is 0. The smallest absolute Gasteiger partial charge is 0.106 e. The first kappa shape index (κ1) is 123. The van der Waals surface area contributed by atoms with Gasteiger partial charge in [-0.25, -0.2) is 0 Å². The van der Waals surface area contributed by atoms with Crippen molar-refractivity contribution in [2.45, 2.75) is 0 Å². The zero-order valence-electron chi connectivity index (χ0n) is 13.7. The molecule has 0 atom stereocenters. The molecule has 0 saturated carbocycles. The van der Waals surface area contributed by atoms with Gasteiger partial charge in [0.2, 0.25) is 0 Å². The third-order valence-corrected chi connectivity index (χ3v) is 0. The quantitative estimate of drug-likeness (QED) is 0.314. The summed E-state index contributed by atoms with van der Waals surface area (Å²) in [6.07, 6.45) is 0. The normalized spacial score (nSPS) is 1.92. The zero-order valence-corrected chi connectivity index (χ0v) is 16.3. The monoisotopic (exact) mass is 552 g/mol. The van der Waals surface area contributed by atoms with E-state index in [9.17, 15) is 0 Å². The topological polar surface area (TPSA) is 205 Å². The van der Waals surface area contributed by atoms with E-state index in [0.717, 1.165) is 0 Å².